The van der Waals surface area contributed by atoms with E-state index < -0.39 is 4.92 Å². The first-order valence-electron chi connectivity index (χ1n) is 10.1. The number of hydrogen-bond donors (Lipinski definition) is 2. The maximum Gasteiger partial charge on any atom is 0.270 e. The molecule has 2 heterocycles. The minimum absolute atomic E-state index is 0.0715. The Morgan fingerprint density at radius 2 is 1.78 bits per heavy atom. The van der Waals surface area contributed by atoms with Crippen LogP contribution in [-0.2, 0) is 0 Å². The van der Waals surface area contributed by atoms with E-state index in [1.807, 2.05) is 30.3 Å². The highest BCUT2D eigenvalue weighted by molar-refractivity contribution is 6.33. The predicted octanol–water partition coefficient (Wildman–Crippen LogP) is 4.61. The van der Waals surface area contributed by atoms with Crippen LogP contribution in [-0.4, -0.2) is 39.2 Å². The summed E-state index contributed by atoms with van der Waals surface area (Å²) in [5, 5.41) is 18.7. The molecule has 0 aliphatic carbocycles. The van der Waals surface area contributed by atoms with Crippen LogP contribution in [0.1, 0.15) is 24.8 Å². The summed E-state index contributed by atoms with van der Waals surface area (Å²) in [5.41, 5.74) is 3.97. The van der Waals surface area contributed by atoms with E-state index in [1.165, 1.54) is 30.8 Å². The number of halogens is 1. The summed E-state index contributed by atoms with van der Waals surface area (Å²) in [6, 6.07) is 13.7. The van der Waals surface area contributed by atoms with Crippen LogP contribution < -0.4 is 15.6 Å². The average Bonchev–Trinajstić information content (AvgIpc) is 2.81. The summed E-state index contributed by atoms with van der Waals surface area (Å²) >= 11 is 6.13. The lowest BCUT2D eigenvalue weighted by molar-refractivity contribution is -0.384. The Balaban J connectivity index is 1.58. The van der Waals surface area contributed by atoms with E-state index in [2.05, 4.69) is 35.7 Å². The fourth-order valence-electron chi connectivity index (χ4n) is 3.26. The highest BCUT2D eigenvalue weighted by Gasteiger charge is 2.16. The molecule has 164 valence electrons. The van der Waals surface area contributed by atoms with Gasteiger partial charge >= 0.3 is 0 Å². The van der Waals surface area contributed by atoms with Crippen LogP contribution in [0, 0.1) is 10.1 Å². The smallest absolute Gasteiger partial charge is 0.270 e. The number of non-ortho nitro benzene ring substituents is 1. The van der Waals surface area contributed by atoms with Gasteiger partial charge in [0.2, 0.25) is 17.8 Å². The van der Waals surface area contributed by atoms with Gasteiger partial charge in [-0.1, -0.05) is 29.8 Å². The van der Waals surface area contributed by atoms with E-state index >= 15 is 0 Å². The lowest BCUT2D eigenvalue weighted by Crippen LogP contribution is -2.31. The van der Waals surface area contributed by atoms with Crippen molar-refractivity contribution in [2.75, 3.05) is 28.7 Å². The van der Waals surface area contributed by atoms with Gasteiger partial charge in [0.1, 0.15) is 0 Å². The molecule has 1 aromatic heterocycles. The maximum absolute atomic E-state index is 11.0. The SMILES string of the molecule is O=[N+]([O-])c1ccc(Cl)c(/C=N\Nc2nc(Nc3ccccc3)nc(N3CCCCC3)n2)c1. The molecule has 0 spiro atoms. The van der Waals surface area contributed by atoms with Crippen molar-refractivity contribution >= 4 is 47.0 Å². The Bertz CT molecular complexity index is 1120. The minimum Gasteiger partial charge on any atom is -0.341 e. The molecule has 1 fully saturated rings. The zero-order chi connectivity index (χ0) is 22.3. The van der Waals surface area contributed by atoms with Crippen molar-refractivity contribution in [2.45, 2.75) is 19.3 Å². The number of nitrogens with zero attached hydrogens (tertiary/aromatic N) is 6. The van der Waals surface area contributed by atoms with Gasteiger partial charge in [0.25, 0.3) is 5.69 Å². The number of rotatable bonds is 7. The average molecular weight is 453 g/mol. The Morgan fingerprint density at radius 1 is 1.03 bits per heavy atom. The molecule has 32 heavy (non-hydrogen) atoms. The van der Waals surface area contributed by atoms with Crippen LogP contribution in [0.3, 0.4) is 0 Å². The maximum atomic E-state index is 11.0. The van der Waals surface area contributed by atoms with Crippen molar-refractivity contribution < 1.29 is 4.92 Å². The summed E-state index contributed by atoms with van der Waals surface area (Å²) in [6.07, 6.45) is 4.75. The van der Waals surface area contributed by atoms with Gasteiger partial charge in [-0.3, -0.25) is 10.1 Å². The number of nitro groups is 1. The number of hydrogen-bond acceptors (Lipinski definition) is 9. The molecule has 0 radical (unpaired) electrons. The number of hydrazone groups is 1. The fraction of sp³-hybridized carbons (Fsp3) is 0.238. The fourth-order valence-corrected chi connectivity index (χ4v) is 3.43. The standard InChI is InChI=1S/C21H21ClN8O2/c22-18-10-9-17(30(31)32)13-15(18)14-23-28-20-25-19(24-16-7-3-1-4-8-16)26-21(27-20)29-11-5-2-6-12-29/h1,3-4,7-10,13-14H,2,5-6,11-12H2,(H2,24,25,26,27,28)/b23-14-. The number of para-hydroxylation sites is 1. The van der Waals surface area contributed by atoms with Gasteiger partial charge in [-0.25, -0.2) is 5.43 Å². The molecule has 2 aromatic carbocycles. The number of benzene rings is 2. The van der Waals surface area contributed by atoms with E-state index in [9.17, 15) is 10.1 Å². The number of anilines is 4. The lowest BCUT2D eigenvalue weighted by atomic mass is 10.1. The summed E-state index contributed by atoms with van der Waals surface area (Å²) < 4.78 is 0. The van der Waals surface area contributed by atoms with E-state index in [-0.39, 0.29) is 11.6 Å². The third-order valence-electron chi connectivity index (χ3n) is 4.85. The van der Waals surface area contributed by atoms with Crippen molar-refractivity contribution in [3.05, 3.63) is 69.2 Å². The summed E-state index contributed by atoms with van der Waals surface area (Å²) in [7, 11) is 0. The molecule has 1 aliphatic heterocycles. The van der Waals surface area contributed by atoms with Crippen LogP contribution in [0.15, 0.2) is 53.6 Å². The lowest BCUT2D eigenvalue weighted by Gasteiger charge is -2.26. The molecule has 0 saturated carbocycles. The second-order valence-corrected chi connectivity index (χ2v) is 7.56. The Labute approximate surface area is 189 Å². The first-order valence-corrected chi connectivity index (χ1v) is 10.5. The molecule has 1 saturated heterocycles. The molecule has 1 aliphatic rings. The Kier molecular flexibility index (Phi) is 6.71. The zero-order valence-electron chi connectivity index (χ0n) is 17.1. The van der Waals surface area contributed by atoms with Gasteiger partial charge in [-0.2, -0.15) is 20.1 Å². The molecule has 0 unspecified atom stereocenters. The van der Waals surface area contributed by atoms with Crippen molar-refractivity contribution in [1.29, 1.82) is 0 Å². The van der Waals surface area contributed by atoms with Crippen LogP contribution in [0.25, 0.3) is 0 Å². The van der Waals surface area contributed by atoms with Crippen molar-refractivity contribution in [3.63, 3.8) is 0 Å². The minimum atomic E-state index is -0.487. The summed E-state index contributed by atoms with van der Waals surface area (Å²) in [6.45, 7) is 1.75. The van der Waals surface area contributed by atoms with Gasteiger partial charge in [0.05, 0.1) is 11.1 Å². The molecular formula is C21H21ClN8O2. The first kappa shape index (κ1) is 21.4. The molecule has 3 aromatic rings. The molecule has 2 N–H and O–H groups in total. The number of nitro benzene ring substituents is 1. The third kappa shape index (κ3) is 5.46. The van der Waals surface area contributed by atoms with Crippen molar-refractivity contribution in [3.8, 4) is 0 Å². The Hall–Kier alpha value is -3.79. The van der Waals surface area contributed by atoms with E-state index in [1.54, 1.807) is 0 Å². The van der Waals surface area contributed by atoms with Crippen LogP contribution in [0.5, 0.6) is 0 Å². The van der Waals surface area contributed by atoms with E-state index in [0.717, 1.165) is 31.6 Å². The number of piperidine rings is 1. The molecule has 4 rings (SSSR count). The van der Waals surface area contributed by atoms with Gasteiger partial charge in [0.15, 0.2) is 0 Å². The van der Waals surface area contributed by atoms with Crippen LogP contribution in [0.4, 0.5) is 29.2 Å². The molecule has 0 amide bonds. The molecule has 11 heteroatoms. The highest BCUT2D eigenvalue weighted by Crippen LogP contribution is 2.22. The van der Waals surface area contributed by atoms with E-state index in [4.69, 9.17) is 11.6 Å². The van der Waals surface area contributed by atoms with Gasteiger partial charge in [-0.15, -0.1) is 0 Å². The Morgan fingerprint density at radius 3 is 2.53 bits per heavy atom. The quantitative estimate of drug-likeness (QED) is 0.302. The summed E-state index contributed by atoms with van der Waals surface area (Å²) in [5.74, 6) is 1.19. The topological polar surface area (TPSA) is 121 Å². The van der Waals surface area contributed by atoms with Crippen molar-refractivity contribution in [1.82, 2.24) is 15.0 Å². The van der Waals surface area contributed by atoms with Crippen LogP contribution >= 0.6 is 11.6 Å². The first-order chi connectivity index (χ1) is 15.6. The molecule has 10 nitrogen and oxygen atoms in total. The largest absolute Gasteiger partial charge is 0.341 e. The van der Waals surface area contributed by atoms with E-state index in [0.29, 0.717) is 22.5 Å². The highest BCUT2D eigenvalue weighted by atomic mass is 35.5. The van der Waals surface area contributed by atoms with Gasteiger partial charge in [-0.05, 0) is 37.5 Å². The third-order valence-corrected chi connectivity index (χ3v) is 5.20. The van der Waals surface area contributed by atoms with Crippen LogP contribution in [0.2, 0.25) is 5.02 Å². The van der Waals surface area contributed by atoms with Gasteiger partial charge < -0.3 is 10.2 Å². The molecule has 0 atom stereocenters. The number of nitrogens with one attached hydrogen (secondary N) is 2. The normalized spacial score (nSPS) is 13.8. The van der Waals surface area contributed by atoms with Crippen molar-refractivity contribution in [2.24, 2.45) is 5.10 Å². The number of aromatic nitrogens is 3. The monoisotopic (exact) mass is 452 g/mol. The molecule has 0 bridgehead atoms. The summed E-state index contributed by atoms with van der Waals surface area (Å²) in [4.78, 5) is 26.1. The second-order valence-electron chi connectivity index (χ2n) is 7.15. The second kappa shape index (κ2) is 10.0. The zero-order valence-corrected chi connectivity index (χ0v) is 17.9. The molecular weight excluding hydrogens is 432 g/mol. The predicted molar refractivity (Wildman–Crippen MR) is 125 cm³/mol. The van der Waals surface area contributed by atoms with Gasteiger partial charge in [0, 0.05) is 41.5 Å².